The lowest BCUT2D eigenvalue weighted by Crippen LogP contribution is -1.99. The molecule has 0 saturated heterocycles. The first kappa shape index (κ1) is 15.1. The third-order valence-electron chi connectivity index (χ3n) is 3.63. The predicted octanol–water partition coefficient (Wildman–Crippen LogP) is 3.02. The Hall–Kier alpha value is -2.30. The van der Waals surface area contributed by atoms with Crippen molar-refractivity contribution in [3.8, 4) is 22.6 Å². The van der Waals surface area contributed by atoms with Crippen molar-refractivity contribution in [1.82, 2.24) is 9.78 Å². The zero-order valence-corrected chi connectivity index (χ0v) is 13.1. The van der Waals surface area contributed by atoms with Gasteiger partial charge in [-0.05, 0) is 38.5 Å². The fourth-order valence-electron chi connectivity index (χ4n) is 2.60. The maximum Gasteiger partial charge on any atom is 0.161 e. The molecule has 21 heavy (non-hydrogen) atoms. The molecule has 0 atom stereocenters. The van der Waals surface area contributed by atoms with Gasteiger partial charge in [-0.3, -0.25) is 9.48 Å². The Bertz CT molecular complexity index is 675. The van der Waals surface area contributed by atoms with Gasteiger partial charge in [0.15, 0.2) is 17.8 Å². The normalized spacial score (nSPS) is 10.5. The highest BCUT2D eigenvalue weighted by Gasteiger charge is 2.19. The van der Waals surface area contributed by atoms with Crippen LogP contribution in [-0.4, -0.2) is 30.3 Å². The summed E-state index contributed by atoms with van der Waals surface area (Å²) >= 11 is 0. The van der Waals surface area contributed by atoms with Crippen molar-refractivity contribution in [2.75, 3.05) is 14.2 Å². The van der Waals surface area contributed by atoms with E-state index in [0.29, 0.717) is 17.1 Å². The van der Waals surface area contributed by atoms with Crippen molar-refractivity contribution in [2.24, 2.45) is 0 Å². The van der Waals surface area contributed by atoms with Gasteiger partial charge in [-0.2, -0.15) is 5.10 Å². The Labute approximate surface area is 124 Å². The average Bonchev–Trinajstić information content (AvgIpc) is 2.79. The summed E-state index contributed by atoms with van der Waals surface area (Å²) in [7, 11) is 3.13. The van der Waals surface area contributed by atoms with Gasteiger partial charge in [-0.1, -0.05) is 0 Å². The predicted molar refractivity (Wildman–Crippen MR) is 81.3 cm³/mol. The van der Waals surface area contributed by atoms with Crippen molar-refractivity contribution in [3.05, 3.63) is 29.1 Å². The Morgan fingerprint density at radius 3 is 2.29 bits per heavy atom. The van der Waals surface area contributed by atoms with Crippen LogP contribution in [0.5, 0.6) is 11.5 Å². The van der Waals surface area contributed by atoms with E-state index in [2.05, 4.69) is 5.10 Å². The molecule has 1 aromatic heterocycles. The minimum atomic E-state index is 0.543. The average molecular weight is 288 g/mol. The van der Waals surface area contributed by atoms with E-state index in [1.165, 1.54) is 0 Å². The molecule has 0 aliphatic heterocycles. The van der Waals surface area contributed by atoms with Crippen LogP contribution in [0.2, 0.25) is 0 Å². The molecule has 5 heteroatoms. The first-order valence-electron chi connectivity index (χ1n) is 6.82. The fourth-order valence-corrected chi connectivity index (χ4v) is 2.60. The first-order chi connectivity index (χ1) is 10.1. The van der Waals surface area contributed by atoms with Crippen LogP contribution in [0.15, 0.2) is 12.1 Å². The number of ether oxygens (including phenoxy) is 2. The summed E-state index contributed by atoms with van der Waals surface area (Å²) in [6.45, 7) is 6.78. The zero-order chi connectivity index (χ0) is 15.6. The summed E-state index contributed by atoms with van der Waals surface area (Å²) < 4.78 is 12.5. The standard InChI is InChI=1S/C16H20N2O3/c1-6-18-11(3)16(10(2)17-18)13-8-15(21-5)14(20-4)7-12(13)9-19/h7-9H,6H2,1-5H3. The number of carbonyl (C=O) groups is 1. The molecule has 0 amide bonds. The van der Waals surface area contributed by atoms with Gasteiger partial charge in [-0.15, -0.1) is 0 Å². The van der Waals surface area contributed by atoms with Crippen LogP contribution in [0, 0.1) is 13.8 Å². The van der Waals surface area contributed by atoms with Crippen LogP contribution in [0.25, 0.3) is 11.1 Å². The van der Waals surface area contributed by atoms with Crippen LogP contribution in [0.4, 0.5) is 0 Å². The number of methoxy groups -OCH3 is 2. The number of nitrogens with zero attached hydrogens (tertiary/aromatic N) is 2. The number of hydrogen-bond donors (Lipinski definition) is 0. The molecular weight excluding hydrogens is 268 g/mol. The van der Waals surface area contributed by atoms with Crippen molar-refractivity contribution < 1.29 is 14.3 Å². The topological polar surface area (TPSA) is 53.4 Å². The number of carbonyl (C=O) groups excluding carboxylic acids is 1. The molecule has 112 valence electrons. The van der Waals surface area contributed by atoms with E-state index < -0.39 is 0 Å². The maximum atomic E-state index is 11.4. The van der Waals surface area contributed by atoms with Crippen LogP contribution in [0.3, 0.4) is 0 Å². The Kier molecular flexibility index (Phi) is 4.31. The summed E-state index contributed by atoms with van der Waals surface area (Å²) in [4.78, 5) is 11.4. The van der Waals surface area contributed by atoms with Crippen LogP contribution >= 0.6 is 0 Å². The second-order valence-corrected chi connectivity index (χ2v) is 4.77. The van der Waals surface area contributed by atoms with Gasteiger partial charge in [0, 0.05) is 23.4 Å². The van der Waals surface area contributed by atoms with Crippen molar-refractivity contribution in [1.29, 1.82) is 0 Å². The van der Waals surface area contributed by atoms with E-state index in [0.717, 1.165) is 35.3 Å². The maximum absolute atomic E-state index is 11.4. The summed E-state index contributed by atoms with van der Waals surface area (Å²) in [6.07, 6.45) is 0.833. The van der Waals surface area contributed by atoms with E-state index in [4.69, 9.17) is 9.47 Å². The summed E-state index contributed by atoms with van der Waals surface area (Å²) in [6, 6.07) is 3.53. The van der Waals surface area contributed by atoms with Gasteiger partial charge in [0.1, 0.15) is 0 Å². The molecule has 0 spiro atoms. The smallest absolute Gasteiger partial charge is 0.161 e. The lowest BCUT2D eigenvalue weighted by molar-refractivity contribution is 0.112. The van der Waals surface area contributed by atoms with Crippen molar-refractivity contribution >= 4 is 6.29 Å². The van der Waals surface area contributed by atoms with E-state index in [1.54, 1.807) is 20.3 Å². The largest absolute Gasteiger partial charge is 0.493 e. The molecular formula is C16H20N2O3. The Balaban J connectivity index is 2.74. The van der Waals surface area contributed by atoms with Crippen LogP contribution < -0.4 is 9.47 Å². The molecule has 1 heterocycles. The summed E-state index contributed by atoms with van der Waals surface area (Å²) in [5.41, 5.74) is 4.28. The zero-order valence-electron chi connectivity index (χ0n) is 13.1. The molecule has 2 aromatic rings. The lowest BCUT2D eigenvalue weighted by Gasteiger charge is -2.12. The number of aromatic nitrogens is 2. The molecule has 2 rings (SSSR count). The van der Waals surface area contributed by atoms with Crippen molar-refractivity contribution in [3.63, 3.8) is 0 Å². The molecule has 0 unspecified atom stereocenters. The van der Waals surface area contributed by atoms with Gasteiger partial charge in [0.25, 0.3) is 0 Å². The van der Waals surface area contributed by atoms with Crippen LogP contribution in [-0.2, 0) is 6.54 Å². The van der Waals surface area contributed by atoms with Gasteiger partial charge >= 0.3 is 0 Å². The second kappa shape index (κ2) is 5.99. The number of rotatable bonds is 5. The minimum Gasteiger partial charge on any atom is -0.493 e. The molecule has 0 saturated carbocycles. The third kappa shape index (κ3) is 2.51. The molecule has 0 aliphatic rings. The molecule has 0 N–H and O–H groups in total. The second-order valence-electron chi connectivity index (χ2n) is 4.77. The molecule has 5 nitrogen and oxygen atoms in total. The van der Waals surface area contributed by atoms with E-state index in [1.807, 2.05) is 31.5 Å². The molecule has 0 aliphatic carbocycles. The minimum absolute atomic E-state index is 0.543. The van der Waals surface area contributed by atoms with Gasteiger partial charge in [-0.25, -0.2) is 0 Å². The van der Waals surface area contributed by atoms with Crippen LogP contribution in [0.1, 0.15) is 28.7 Å². The quantitative estimate of drug-likeness (QED) is 0.794. The first-order valence-corrected chi connectivity index (χ1v) is 6.82. The SMILES string of the molecule is CCn1nc(C)c(-c2cc(OC)c(OC)cc2C=O)c1C. The van der Waals surface area contributed by atoms with Gasteiger partial charge < -0.3 is 9.47 Å². The number of benzene rings is 1. The molecule has 1 aromatic carbocycles. The summed E-state index contributed by atoms with van der Waals surface area (Å²) in [5, 5.41) is 4.51. The van der Waals surface area contributed by atoms with Gasteiger partial charge in [0.2, 0.25) is 0 Å². The Morgan fingerprint density at radius 2 is 1.81 bits per heavy atom. The molecule has 0 fully saturated rings. The van der Waals surface area contributed by atoms with E-state index in [9.17, 15) is 4.79 Å². The van der Waals surface area contributed by atoms with E-state index >= 15 is 0 Å². The molecule has 0 radical (unpaired) electrons. The number of aldehydes is 1. The monoisotopic (exact) mass is 288 g/mol. The Morgan fingerprint density at radius 1 is 1.19 bits per heavy atom. The number of aryl methyl sites for hydroxylation is 2. The van der Waals surface area contributed by atoms with E-state index in [-0.39, 0.29) is 0 Å². The highest BCUT2D eigenvalue weighted by Crippen LogP contribution is 2.37. The lowest BCUT2D eigenvalue weighted by atomic mass is 9.98. The third-order valence-corrected chi connectivity index (χ3v) is 3.63. The highest BCUT2D eigenvalue weighted by molar-refractivity contribution is 5.90. The molecule has 0 bridgehead atoms. The summed E-state index contributed by atoms with van der Waals surface area (Å²) in [5.74, 6) is 1.14. The number of hydrogen-bond acceptors (Lipinski definition) is 4. The van der Waals surface area contributed by atoms with Crippen molar-refractivity contribution in [2.45, 2.75) is 27.3 Å². The highest BCUT2D eigenvalue weighted by atomic mass is 16.5. The fraction of sp³-hybridized carbons (Fsp3) is 0.375. The van der Waals surface area contributed by atoms with Gasteiger partial charge in [0.05, 0.1) is 19.9 Å².